The van der Waals surface area contributed by atoms with Gasteiger partial charge < -0.3 is 4.74 Å². The van der Waals surface area contributed by atoms with Gasteiger partial charge >= 0.3 is 5.97 Å². The van der Waals surface area contributed by atoms with Gasteiger partial charge in [0.2, 0.25) is 0 Å². The molecule has 2 aromatic rings. The van der Waals surface area contributed by atoms with E-state index in [1.807, 2.05) is 26.0 Å². The highest BCUT2D eigenvalue weighted by Crippen LogP contribution is 2.41. The summed E-state index contributed by atoms with van der Waals surface area (Å²) in [5.74, 6) is 0.195. The smallest absolute Gasteiger partial charge is 0.311 e. The van der Waals surface area contributed by atoms with E-state index in [-0.39, 0.29) is 17.7 Å². The Bertz CT molecular complexity index is 823. The van der Waals surface area contributed by atoms with Gasteiger partial charge in [0.25, 0.3) is 0 Å². The molecule has 0 aromatic heterocycles. The first-order chi connectivity index (χ1) is 13.3. The Hall–Kier alpha value is -2.16. The monoisotopic (exact) mass is 382 g/mol. The molecule has 2 aromatic carbocycles. The van der Waals surface area contributed by atoms with Crippen LogP contribution in [-0.2, 0) is 22.4 Å². The summed E-state index contributed by atoms with van der Waals surface area (Å²) < 4.78 is 18.4. The van der Waals surface area contributed by atoms with Crippen molar-refractivity contribution in [3.63, 3.8) is 0 Å². The lowest BCUT2D eigenvalue weighted by molar-refractivity contribution is -0.151. The van der Waals surface area contributed by atoms with Gasteiger partial charge in [-0.05, 0) is 92.2 Å². The Morgan fingerprint density at radius 1 is 1.04 bits per heavy atom. The highest BCUT2D eigenvalue weighted by Gasteiger charge is 2.34. The van der Waals surface area contributed by atoms with Gasteiger partial charge in [0, 0.05) is 0 Å². The normalized spacial score (nSPS) is 15.3. The molecule has 0 saturated carbocycles. The number of carbonyl (C=O) groups is 1. The number of hydrogen-bond acceptors (Lipinski definition) is 2. The molecule has 1 aliphatic rings. The lowest BCUT2D eigenvalue weighted by atomic mass is 9.73. The van der Waals surface area contributed by atoms with Gasteiger partial charge in [-0.1, -0.05) is 37.3 Å². The van der Waals surface area contributed by atoms with Crippen LogP contribution in [0.15, 0.2) is 42.5 Å². The zero-order valence-corrected chi connectivity index (χ0v) is 17.4. The standard InChI is InChI=1S/C25H31FO2/c1-5-17(18-10-12-23(26)13-11-18)14-22(16-25(2,3)24(27)28-4)21-9-7-19-6-8-20(19)15-21/h7,9-13,15,17,22H,5-6,8,14,16H2,1-4H3. The van der Waals surface area contributed by atoms with E-state index in [2.05, 4.69) is 25.1 Å². The van der Waals surface area contributed by atoms with Crippen molar-refractivity contribution >= 4 is 5.97 Å². The minimum absolute atomic E-state index is 0.170. The molecule has 0 radical (unpaired) electrons. The van der Waals surface area contributed by atoms with Gasteiger partial charge in [0.05, 0.1) is 12.5 Å². The number of methoxy groups -OCH3 is 1. The maximum Gasteiger partial charge on any atom is 0.311 e. The molecule has 0 amide bonds. The molecule has 2 unspecified atom stereocenters. The average Bonchev–Trinajstić information content (AvgIpc) is 2.66. The number of benzene rings is 2. The number of rotatable bonds is 8. The molecule has 3 rings (SSSR count). The first-order valence-electron chi connectivity index (χ1n) is 10.3. The fraction of sp³-hybridized carbons (Fsp3) is 0.480. The van der Waals surface area contributed by atoms with Crippen molar-refractivity contribution in [2.75, 3.05) is 7.11 Å². The van der Waals surface area contributed by atoms with E-state index in [0.29, 0.717) is 5.92 Å². The fourth-order valence-corrected chi connectivity index (χ4v) is 4.40. The molecule has 2 nitrogen and oxygen atoms in total. The number of aryl methyl sites for hydroxylation is 2. The first-order valence-corrected chi connectivity index (χ1v) is 10.3. The number of esters is 1. The van der Waals surface area contributed by atoms with E-state index in [4.69, 9.17) is 4.74 Å². The van der Waals surface area contributed by atoms with Crippen molar-refractivity contribution < 1.29 is 13.9 Å². The molecule has 0 saturated heterocycles. The summed E-state index contributed by atoms with van der Waals surface area (Å²) in [7, 11) is 1.46. The minimum Gasteiger partial charge on any atom is -0.469 e. The molecule has 1 aliphatic carbocycles. The summed E-state index contributed by atoms with van der Waals surface area (Å²) in [6, 6.07) is 13.7. The molecule has 0 spiro atoms. The summed E-state index contributed by atoms with van der Waals surface area (Å²) in [4.78, 5) is 12.3. The molecular formula is C25H31FO2. The van der Waals surface area contributed by atoms with E-state index in [1.165, 1.54) is 42.4 Å². The van der Waals surface area contributed by atoms with Gasteiger partial charge in [-0.2, -0.15) is 0 Å². The molecule has 2 atom stereocenters. The molecule has 0 fully saturated rings. The lowest BCUT2D eigenvalue weighted by Crippen LogP contribution is -2.28. The van der Waals surface area contributed by atoms with E-state index < -0.39 is 5.41 Å². The predicted octanol–water partition coefficient (Wildman–Crippen LogP) is 6.18. The maximum atomic E-state index is 13.4. The highest BCUT2D eigenvalue weighted by molar-refractivity contribution is 5.75. The third-order valence-corrected chi connectivity index (χ3v) is 6.26. The Labute approximate surface area is 168 Å². The van der Waals surface area contributed by atoms with Crippen LogP contribution in [0.2, 0.25) is 0 Å². The number of carbonyl (C=O) groups excluding carboxylic acids is 1. The Morgan fingerprint density at radius 2 is 1.68 bits per heavy atom. The van der Waals surface area contributed by atoms with Crippen LogP contribution in [0.3, 0.4) is 0 Å². The molecular weight excluding hydrogens is 351 g/mol. The summed E-state index contributed by atoms with van der Waals surface area (Å²) in [5, 5.41) is 0. The van der Waals surface area contributed by atoms with Crippen molar-refractivity contribution in [1.29, 1.82) is 0 Å². The number of halogens is 1. The fourth-order valence-electron chi connectivity index (χ4n) is 4.40. The Morgan fingerprint density at radius 3 is 2.21 bits per heavy atom. The van der Waals surface area contributed by atoms with Gasteiger partial charge in [-0.25, -0.2) is 4.39 Å². The number of hydrogen-bond donors (Lipinski definition) is 0. The largest absolute Gasteiger partial charge is 0.469 e. The third-order valence-electron chi connectivity index (χ3n) is 6.26. The van der Waals surface area contributed by atoms with Crippen molar-refractivity contribution in [2.45, 2.75) is 64.7 Å². The van der Waals surface area contributed by atoms with Gasteiger partial charge in [0.15, 0.2) is 0 Å². The van der Waals surface area contributed by atoms with Crippen LogP contribution < -0.4 is 0 Å². The lowest BCUT2D eigenvalue weighted by Gasteiger charge is -2.31. The van der Waals surface area contributed by atoms with Crippen LogP contribution in [0.4, 0.5) is 4.39 Å². The van der Waals surface area contributed by atoms with Crippen LogP contribution in [0, 0.1) is 11.2 Å². The topological polar surface area (TPSA) is 26.3 Å². The van der Waals surface area contributed by atoms with Crippen LogP contribution in [0.5, 0.6) is 0 Å². The van der Waals surface area contributed by atoms with Crippen molar-refractivity contribution in [3.05, 3.63) is 70.5 Å². The van der Waals surface area contributed by atoms with Crippen molar-refractivity contribution in [1.82, 2.24) is 0 Å². The van der Waals surface area contributed by atoms with Crippen molar-refractivity contribution in [2.24, 2.45) is 5.41 Å². The molecule has 0 aliphatic heterocycles. The molecule has 0 N–H and O–H groups in total. The van der Waals surface area contributed by atoms with Gasteiger partial charge in [-0.3, -0.25) is 4.79 Å². The second-order valence-corrected chi connectivity index (χ2v) is 8.70. The zero-order chi connectivity index (χ0) is 20.3. The van der Waals surface area contributed by atoms with Gasteiger partial charge in [-0.15, -0.1) is 0 Å². The van der Waals surface area contributed by atoms with Crippen LogP contribution in [-0.4, -0.2) is 13.1 Å². The second kappa shape index (κ2) is 8.46. The average molecular weight is 383 g/mol. The van der Waals surface area contributed by atoms with E-state index in [9.17, 15) is 9.18 Å². The van der Waals surface area contributed by atoms with E-state index in [0.717, 1.165) is 31.2 Å². The van der Waals surface area contributed by atoms with Gasteiger partial charge in [0.1, 0.15) is 5.82 Å². The highest BCUT2D eigenvalue weighted by atomic mass is 19.1. The first kappa shape index (κ1) is 20.6. The maximum absolute atomic E-state index is 13.4. The Kier molecular flexibility index (Phi) is 6.22. The molecule has 0 heterocycles. The van der Waals surface area contributed by atoms with Crippen LogP contribution in [0.25, 0.3) is 0 Å². The zero-order valence-electron chi connectivity index (χ0n) is 17.4. The van der Waals surface area contributed by atoms with E-state index >= 15 is 0 Å². The summed E-state index contributed by atoms with van der Waals surface area (Å²) >= 11 is 0. The molecule has 3 heteroatoms. The number of fused-ring (bicyclic) bond motifs is 1. The predicted molar refractivity (Wildman–Crippen MR) is 111 cm³/mol. The third kappa shape index (κ3) is 4.45. The molecule has 28 heavy (non-hydrogen) atoms. The molecule has 150 valence electrons. The van der Waals surface area contributed by atoms with Crippen LogP contribution >= 0.6 is 0 Å². The SMILES string of the molecule is CCC(CC(CC(C)(C)C(=O)OC)c1ccc2c(c1)CC2)c1ccc(F)cc1. The van der Waals surface area contributed by atoms with E-state index in [1.54, 1.807) is 0 Å². The van der Waals surface area contributed by atoms with Crippen molar-refractivity contribution in [3.8, 4) is 0 Å². The summed E-state index contributed by atoms with van der Waals surface area (Å²) in [6.45, 7) is 6.10. The minimum atomic E-state index is -0.552. The summed E-state index contributed by atoms with van der Waals surface area (Å²) in [6.07, 6.45) is 4.95. The van der Waals surface area contributed by atoms with Crippen LogP contribution in [0.1, 0.15) is 74.1 Å². The number of ether oxygens (including phenoxy) is 1. The second-order valence-electron chi connectivity index (χ2n) is 8.70. The molecule has 0 bridgehead atoms. The summed E-state index contributed by atoms with van der Waals surface area (Å²) in [5.41, 5.74) is 4.79. The quantitative estimate of drug-likeness (QED) is 0.510. The Balaban J connectivity index is 1.89.